The zero-order valence-electron chi connectivity index (χ0n) is 12.1. The molecular weight excluding hydrogens is 236 g/mol. The van der Waals surface area contributed by atoms with Crippen molar-refractivity contribution in [2.24, 2.45) is 0 Å². The van der Waals surface area contributed by atoms with Gasteiger partial charge in [0.2, 0.25) is 0 Å². The van der Waals surface area contributed by atoms with Crippen molar-refractivity contribution in [1.82, 2.24) is 0 Å². The summed E-state index contributed by atoms with van der Waals surface area (Å²) in [6.07, 6.45) is 5.21. The molecule has 102 valence electrons. The summed E-state index contributed by atoms with van der Waals surface area (Å²) in [6.45, 7) is 8.07. The zero-order chi connectivity index (χ0) is 13.5. The Kier molecular flexibility index (Phi) is 3.23. The number of aryl methyl sites for hydroxylation is 2. The van der Waals surface area contributed by atoms with E-state index in [2.05, 4.69) is 39.0 Å². The Balaban J connectivity index is 1.86. The summed E-state index contributed by atoms with van der Waals surface area (Å²) < 4.78 is 11.5. The highest BCUT2D eigenvalue weighted by atomic mass is 16.7. The van der Waals surface area contributed by atoms with E-state index in [9.17, 15) is 0 Å². The second-order valence-electron chi connectivity index (χ2n) is 5.78. The lowest BCUT2D eigenvalue weighted by Crippen LogP contribution is -2.31. The maximum absolute atomic E-state index is 5.77. The van der Waals surface area contributed by atoms with Crippen molar-refractivity contribution in [3.8, 4) is 0 Å². The van der Waals surface area contributed by atoms with E-state index in [4.69, 9.17) is 9.47 Å². The minimum atomic E-state index is -0.307. The molecule has 0 bridgehead atoms. The summed E-state index contributed by atoms with van der Waals surface area (Å²) in [5.41, 5.74) is 6.97. The van der Waals surface area contributed by atoms with Crippen LogP contribution in [0.4, 0.5) is 0 Å². The van der Waals surface area contributed by atoms with Crippen LogP contribution in [0.15, 0.2) is 18.2 Å². The third-order valence-corrected chi connectivity index (χ3v) is 4.55. The quantitative estimate of drug-likeness (QED) is 0.760. The van der Waals surface area contributed by atoms with Gasteiger partial charge in [-0.3, -0.25) is 0 Å². The number of benzene rings is 1. The first-order chi connectivity index (χ1) is 9.10. The molecule has 1 aromatic rings. The van der Waals surface area contributed by atoms with Crippen molar-refractivity contribution in [3.05, 3.63) is 40.5 Å². The normalized spacial score (nSPS) is 21.7. The van der Waals surface area contributed by atoms with Crippen molar-refractivity contribution >= 4 is 5.57 Å². The van der Waals surface area contributed by atoms with Crippen molar-refractivity contribution in [1.29, 1.82) is 0 Å². The highest BCUT2D eigenvalue weighted by Gasteiger charge is 2.37. The van der Waals surface area contributed by atoms with Crippen molar-refractivity contribution in [2.45, 2.75) is 45.8 Å². The van der Waals surface area contributed by atoms with Crippen LogP contribution in [0.1, 0.15) is 41.5 Å². The number of rotatable bonds is 1. The fourth-order valence-electron chi connectivity index (χ4n) is 3.05. The van der Waals surface area contributed by atoms with Crippen LogP contribution in [0.5, 0.6) is 0 Å². The average molecular weight is 258 g/mol. The third-order valence-electron chi connectivity index (χ3n) is 4.55. The van der Waals surface area contributed by atoms with Gasteiger partial charge >= 0.3 is 0 Å². The first kappa shape index (κ1) is 12.9. The SMILES string of the molecule is Cc1cc(C2=CCC3(CC2)OCCO3)cc(C)c1C. The van der Waals surface area contributed by atoms with Crippen LogP contribution in [0.3, 0.4) is 0 Å². The van der Waals surface area contributed by atoms with E-state index in [0.29, 0.717) is 0 Å². The summed E-state index contributed by atoms with van der Waals surface area (Å²) in [4.78, 5) is 0. The van der Waals surface area contributed by atoms with Crippen LogP contribution in [-0.2, 0) is 9.47 Å². The van der Waals surface area contributed by atoms with E-state index >= 15 is 0 Å². The third kappa shape index (κ3) is 2.35. The molecule has 0 amide bonds. The van der Waals surface area contributed by atoms with Crippen LogP contribution >= 0.6 is 0 Å². The first-order valence-corrected chi connectivity index (χ1v) is 7.15. The lowest BCUT2D eigenvalue weighted by atomic mass is 9.87. The van der Waals surface area contributed by atoms with Crippen LogP contribution in [0, 0.1) is 20.8 Å². The van der Waals surface area contributed by atoms with E-state index in [1.807, 2.05) is 0 Å². The molecule has 1 aromatic carbocycles. The molecule has 1 aliphatic carbocycles. The monoisotopic (exact) mass is 258 g/mol. The molecule has 3 rings (SSSR count). The smallest absolute Gasteiger partial charge is 0.172 e. The van der Waals surface area contributed by atoms with Gasteiger partial charge < -0.3 is 9.47 Å². The maximum atomic E-state index is 5.77. The molecule has 0 atom stereocenters. The number of allylic oxidation sites excluding steroid dienone is 1. The van der Waals surface area contributed by atoms with Gasteiger partial charge in [-0.15, -0.1) is 0 Å². The number of ether oxygens (including phenoxy) is 2. The van der Waals surface area contributed by atoms with Gasteiger partial charge in [0.05, 0.1) is 13.2 Å². The summed E-state index contributed by atoms with van der Waals surface area (Å²) in [6, 6.07) is 4.62. The molecular formula is C17H22O2. The average Bonchev–Trinajstić information content (AvgIpc) is 2.85. The zero-order valence-corrected chi connectivity index (χ0v) is 12.1. The van der Waals surface area contributed by atoms with Gasteiger partial charge in [0.1, 0.15) is 0 Å². The summed E-state index contributed by atoms with van der Waals surface area (Å²) in [7, 11) is 0. The minimum Gasteiger partial charge on any atom is -0.347 e. The first-order valence-electron chi connectivity index (χ1n) is 7.15. The fraction of sp³-hybridized carbons (Fsp3) is 0.529. The topological polar surface area (TPSA) is 18.5 Å². The molecule has 0 saturated carbocycles. The van der Waals surface area contributed by atoms with Crippen molar-refractivity contribution in [2.75, 3.05) is 13.2 Å². The van der Waals surface area contributed by atoms with E-state index in [0.717, 1.165) is 32.5 Å². The van der Waals surface area contributed by atoms with E-state index < -0.39 is 0 Å². The molecule has 2 heteroatoms. The molecule has 1 fully saturated rings. The minimum absolute atomic E-state index is 0.307. The van der Waals surface area contributed by atoms with E-state index in [-0.39, 0.29) is 5.79 Å². The second-order valence-corrected chi connectivity index (χ2v) is 5.78. The lowest BCUT2D eigenvalue weighted by Gasteiger charge is -2.31. The molecule has 1 saturated heterocycles. The molecule has 2 aliphatic rings. The lowest BCUT2D eigenvalue weighted by molar-refractivity contribution is -0.159. The van der Waals surface area contributed by atoms with E-state index in [1.54, 1.807) is 0 Å². The molecule has 1 aliphatic heterocycles. The summed E-state index contributed by atoms with van der Waals surface area (Å²) >= 11 is 0. The molecule has 0 N–H and O–H groups in total. The Morgan fingerprint density at radius 2 is 1.63 bits per heavy atom. The van der Waals surface area contributed by atoms with Gasteiger partial charge in [0.15, 0.2) is 5.79 Å². The molecule has 1 spiro atoms. The summed E-state index contributed by atoms with van der Waals surface area (Å²) in [5, 5.41) is 0. The highest BCUT2D eigenvalue weighted by molar-refractivity contribution is 5.68. The number of hydrogen-bond acceptors (Lipinski definition) is 2. The number of hydrogen-bond donors (Lipinski definition) is 0. The molecule has 0 aromatic heterocycles. The van der Waals surface area contributed by atoms with E-state index in [1.165, 1.54) is 27.8 Å². The van der Waals surface area contributed by atoms with Gasteiger partial charge in [-0.25, -0.2) is 0 Å². The second kappa shape index (κ2) is 4.77. The Morgan fingerprint density at radius 1 is 1.00 bits per heavy atom. The van der Waals surface area contributed by atoms with Crippen molar-refractivity contribution < 1.29 is 9.47 Å². The van der Waals surface area contributed by atoms with Gasteiger partial charge in [-0.05, 0) is 55.0 Å². The molecule has 0 unspecified atom stereocenters. The van der Waals surface area contributed by atoms with Crippen molar-refractivity contribution in [3.63, 3.8) is 0 Å². The Bertz CT molecular complexity index is 499. The maximum Gasteiger partial charge on any atom is 0.172 e. The predicted molar refractivity (Wildman–Crippen MR) is 77.1 cm³/mol. The summed E-state index contributed by atoms with van der Waals surface area (Å²) in [5.74, 6) is -0.307. The van der Waals surface area contributed by atoms with Gasteiger partial charge in [-0.1, -0.05) is 18.2 Å². The Labute approximate surface area is 115 Å². The van der Waals surface area contributed by atoms with Crippen LogP contribution in [0.2, 0.25) is 0 Å². The van der Waals surface area contributed by atoms with Crippen LogP contribution < -0.4 is 0 Å². The molecule has 1 heterocycles. The largest absolute Gasteiger partial charge is 0.347 e. The predicted octanol–water partition coefficient (Wildman–Crippen LogP) is 3.92. The van der Waals surface area contributed by atoms with Crippen LogP contribution in [-0.4, -0.2) is 19.0 Å². The Hall–Kier alpha value is -1.12. The van der Waals surface area contributed by atoms with Crippen LogP contribution in [0.25, 0.3) is 5.57 Å². The van der Waals surface area contributed by atoms with Gasteiger partial charge in [0, 0.05) is 12.8 Å². The molecule has 2 nitrogen and oxygen atoms in total. The Morgan fingerprint density at radius 3 is 2.16 bits per heavy atom. The molecule has 0 radical (unpaired) electrons. The van der Waals surface area contributed by atoms with Gasteiger partial charge in [0.25, 0.3) is 0 Å². The highest BCUT2D eigenvalue weighted by Crippen LogP contribution is 2.38. The fourth-order valence-corrected chi connectivity index (χ4v) is 3.05. The molecule has 19 heavy (non-hydrogen) atoms. The standard InChI is InChI=1S/C17H22O2/c1-12-10-16(11-13(2)14(12)3)15-4-6-17(7-5-15)18-8-9-19-17/h4,10-11H,5-9H2,1-3H3. The van der Waals surface area contributed by atoms with Gasteiger partial charge in [-0.2, -0.15) is 0 Å².